The Kier molecular flexibility index (Phi) is 6.81. The van der Waals surface area contributed by atoms with E-state index in [0.29, 0.717) is 23.7 Å². The van der Waals surface area contributed by atoms with Crippen LogP contribution in [0.15, 0.2) is 36.4 Å². The Morgan fingerprint density at radius 3 is 2.66 bits per heavy atom. The molecule has 2 fully saturated rings. The third-order valence-electron chi connectivity index (χ3n) is 7.96. The zero-order valence-corrected chi connectivity index (χ0v) is 21.6. The van der Waals surface area contributed by atoms with E-state index in [1.807, 2.05) is 6.07 Å². The molecule has 202 valence electrons. The molecule has 38 heavy (non-hydrogen) atoms. The first-order chi connectivity index (χ1) is 18.0. The van der Waals surface area contributed by atoms with Crippen molar-refractivity contribution in [2.24, 2.45) is 5.92 Å². The summed E-state index contributed by atoms with van der Waals surface area (Å²) >= 11 is 0. The smallest absolute Gasteiger partial charge is 0.378 e. The molecule has 7 nitrogen and oxygen atoms in total. The summed E-state index contributed by atoms with van der Waals surface area (Å²) in [6, 6.07) is 9.86. The maximum atomic E-state index is 14.2. The lowest BCUT2D eigenvalue weighted by Gasteiger charge is -2.44. The lowest BCUT2D eigenvalue weighted by Crippen LogP contribution is -2.57. The van der Waals surface area contributed by atoms with Crippen LogP contribution in [0.25, 0.3) is 0 Å². The average Bonchev–Trinajstić information content (AvgIpc) is 3.18. The minimum atomic E-state index is -4.58. The number of hydrogen-bond acceptors (Lipinski definition) is 5. The molecule has 0 spiro atoms. The third kappa shape index (κ3) is 4.60. The number of hydrogen-bond donors (Lipinski definition) is 2. The Morgan fingerprint density at radius 1 is 1.26 bits per heavy atom. The van der Waals surface area contributed by atoms with Gasteiger partial charge in [-0.3, -0.25) is 20.5 Å². The second-order valence-corrected chi connectivity index (χ2v) is 10.8. The van der Waals surface area contributed by atoms with Gasteiger partial charge in [-0.2, -0.15) is 13.2 Å². The van der Waals surface area contributed by atoms with Gasteiger partial charge in [0.2, 0.25) is 0 Å². The Balaban J connectivity index is 1.48. The number of benzene rings is 2. The first kappa shape index (κ1) is 26.4. The number of fused-ring (bicyclic) bond motifs is 1. The zero-order valence-electron chi connectivity index (χ0n) is 21.6. The van der Waals surface area contributed by atoms with Crippen LogP contribution in [0, 0.1) is 16.7 Å². The van der Waals surface area contributed by atoms with Crippen LogP contribution in [0.3, 0.4) is 0 Å². The van der Waals surface area contributed by atoms with Crippen molar-refractivity contribution >= 4 is 23.8 Å². The molecule has 2 saturated heterocycles. The summed E-state index contributed by atoms with van der Waals surface area (Å²) in [4.78, 5) is 18.5. The Morgan fingerprint density at radius 2 is 2.03 bits per heavy atom. The summed E-state index contributed by atoms with van der Waals surface area (Å²) in [5.74, 6) is 0.222. The second kappa shape index (κ2) is 9.81. The first-order valence-corrected chi connectivity index (χ1v) is 12.8. The van der Waals surface area contributed by atoms with Gasteiger partial charge in [-0.1, -0.05) is 19.1 Å². The highest BCUT2D eigenvalue weighted by atomic mass is 19.4. The summed E-state index contributed by atoms with van der Waals surface area (Å²) in [6.07, 6.45) is -1.40. The largest absolute Gasteiger partial charge is 0.416 e. The lowest BCUT2D eigenvalue weighted by molar-refractivity contribution is -0.138. The van der Waals surface area contributed by atoms with Crippen LogP contribution in [-0.4, -0.2) is 61.2 Å². The lowest BCUT2D eigenvalue weighted by atomic mass is 9.76. The molecule has 0 bridgehead atoms. The molecule has 0 radical (unpaired) electrons. The fourth-order valence-corrected chi connectivity index (χ4v) is 5.83. The van der Waals surface area contributed by atoms with Gasteiger partial charge in [-0.15, -0.1) is 0 Å². The summed E-state index contributed by atoms with van der Waals surface area (Å²) in [5, 5.41) is 16.1. The number of amides is 1. The highest BCUT2D eigenvalue weighted by Gasteiger charge is 2.47. The van der Waals surface area contributed by atoms with Crippen molar-refractivity contribution in [3.05, 3.63) is 64.2 Å². The summed E-state index contributed by atoms with van der Waals surface area (Å²) in [5.41, 5.74) is 0.265. The van der Waals surface area contributed by atoms with Crippen molar-refractivity contribution in [1.82, 2.24) is 9.80 Å². The van der Waals surface area contributed by atoms with Crippen molar-refractivity contribution in [2.75, 3.05) is 38.3 Å². The van der Waals surface area contributed by atoms with E-state index in [2.05, 4.69) is 11.8 Å². The number of rotatable bonds is 6. The molecule has 0 saturated carbocycles. The van der Waals surface area contributed by atoms with Gasteiger partial charge in [0.25, 0.3) is 5.91 Å². The van der Waals surface area contributed by atoms with E-state index in [9.17, 15) is 18.0 Å². The Hall–Kier alpha value is -3.24. The normalized spacial score (nSPS) is 21.1. The third-order valence-corrected chi connectivity index (χ3v) is 7.96. The maximum absolute atomic E-state index is 14.2. The fraction of sp³-hybridized carbons (Fsp3) is 0.464. The molecule has 0 aliphatic carbocycles. The molecule has 10 heteroatoms. The predicted molar refractivity (Wildman–Crippen MR) is 139 cm³/mol. The topological polar surface area (TPSA) is 83.7 Å². The van der Waals surface area contributed by atoms with Gasteiger partial charge in [-0.05, 0) is 66.3 Å². The summed E-state index contributed by atoms with van der Waals surface area (Å²) in [6.45, 7) is 4.53. The van der Waals surface area contributed by atoms with E-state index in [0.717, 1.165) is 37.8 Å². The van der Waals surface area contributed by atoms with Crippen LogP contribution in [0.5, 0.6) is 0 Å². The predicted octanol–water partition coefficient (Wildman–Crippen LogP) is 4.88. The van der Waals surface area contributed by atoms with Crippen LogP contribution < -0.4 is 4.90 Å². The van der Waals surface area contributed by atoms with E-state index < -0.39 is 23.1 Å². The minimum absolute atomic E-state index is 0.00152. The monoisotopic (exact) mass is 527 g/mol. The van der Waals surface area contributed by atoms with Crippen LogP contribution in [0.4, 0.5) is 18.9 Å². The van der Waals surface area contributed by atoms with Crippen LogP contribution in [-0.2, 0) is 29.4 Å². The first-order valence-electron chi connectivity index (χ1n) is 12.8. The molecule has 0 unspecified atom stereocenters. The van der Waals surface area contributed by atoms with E-state index in [1.165, 1.54) is 15.9 Å². The van der Waals surface area contributed by atoms with Crippen molar-refractivity contribution < 1.29 is 22.7 Å². The molecule has 2 aromatic rings. The quantitative estimate of drug-likeness (QED) is 0.414. The van der Waals surface area contributed by atoms with Crippen molar-refractivity contribution in [3.8, 4) is 0 Å². The van der Waals surface area contributed by atoms with E-state index in [4.69, 9.17) is 15.6 Å². The molecule has 1 atom stereocenters. The number of amidine groups is 1. The van der Waals surface area contributed by atoms with E-state index in [-0.39, 0.29) is 36.7 Å². The number of nitrogens with zero attached hydrogens (tertiary/aromatic N) is 3. The summed E-state index contributed by atoms with van der Waals surface area (Å²) in [7, 11) is 1.61. The number of likely N-dealkylation sites (tertiary alicyclic amines) is 1. The molecule has 2 N–H and O–H groups in total. The fourth-order valence-electron chi connectivity index (χ4n) is 5.83. The number of nitrogens with one attached hydrogen (secondary N) is 2. The van der Waals surface area contributed by atoms with Crippen LogP contribution in [0.2, 0.25) is 0 Å². The van der Waals surface area contributed by atoms with Crippen molar-refractivity contribution in [3.63, 3.8) is 0 Å². The molecular formula is C28H32F3N5O2. The molecule has 3 heterocycles. The molecule has 5 rings (SSSR count). The minimum Gasteiger partial charge on any atom is -0.378 e. The van der Waals surface area contributed by atoms with Gasteiger partial charge in [0.05, 0.1) is 37.1 Å². The van der Waals surface area contributed by atoms with Crippen molar-refractivity contribution in [1.29, 1.82) is 10.8 Å². The number of carbonyl (C=O) groups excluding carboxylic acids is 1. The molecule has 1 amide bonds. The molecule has 3 aliphatic rings. The van der Waals surface area contributed by atoms with Gasteiger partial charge in [0.1, 0.15) is 5.84 Å². The maximum Gasteiger partial charge on any atom is 0.416 e. The number of ether oxygens (including phenoxy) is 1. The van der Waals surface area contributed by atoms with Gasteiger partial charge in [-0.25, -0.2) is 0 Å². The SMILES string of the molecule is C[C@H]1CCCN(Cc2cc3c(c(C(F)(F)F)c2)CN(c2cccc(C4(C(=N)N(C)C=N)COC4)c2)C3=O)C1. The number of halogens is 3. The number of anilines is 1. The standard InChI is InChI=1S/C28H32F3N5O2/c1-18-5-4-8-35(12-18)13-19-9-22-23(24(10-19)28(29,30)31)14-36(25(22)37)21-7-3-6-20(11-21)27(15-38-16-27)26(33)34(2)17-32/h3,6-7,9-11,17-18,32-33H,4-5,8,12-16H2,1-2H3/t18-/m0/s1. The average molecular weight is 528 g/mol. The molecular weight excluding hydrogens is 495 g/mol. The highest BCUT2D eigenvalue weighted by molar-refractivity contribution is 6.10. The Bertz CT molecular complexity index is 1270. The van der Waals surface area contributed by atoms with Crippen molar-refractivity contribution in [2.45, 2.75) is 44.4 Å². The van der Waals surface area contributed by atoms with Crippen LogP contribution >= 0.6 is 0 Å². The van der Waals surface area contributed by atoms with Gasteiger partial charge in [0.15, 0.2) is 0 Å². The second-order valence-electron chi connectivity index (χ2n) is 10.8. The molecule has 0 aromatic heterocycles. The van der Waals surface area contributed by atoms with Gasteiger partial charge < -0.3 is 14.5 Å². The van der Waals surface area contributed by atoms with Crippen LogP contribution in [0.1, 0.15) is 52.4 Å². The molecule has 3 aliphatic heterocycles. The number of carbonyl (C=O) groups is 1. The number of likely N-dealkylation sites (N-methyl/N-ethyl adjacent to an activating group) is 1. The highest BCUT2D eigenvalue weighted by Crippen LogP contribution is 2.41. The van der Waals surface area contributed by atoms with E-state index in [1.54, 1.807) is 31.3 Å². The van der Waals surface area contributed by atoms with Gasteiger partial charge >= 0.3 is 6.18 Å². The number of piperidine rings is 1. The number of alkyl halides is 3. The van der Waals surface area contributed by atoms with Gasteiger partial charge in [0, 0.05) is 31.4 Å². The Labute approximate surface area is 220 Å². The summed E-state index contributed by atoms with van der Waals surface area (Å²) < 4.78 is 48.0. The molecule has 2 aromatic carbocycles. The zero-order chi connectivity index (χ0) is 27.2. The van der Waals surface area contributed by atoms with E-state index >= 15 is 0 Å².